The average molecular weight is 472 g/mol. The van der Waals surface area contributed by atoms with E-state index in [1.54, 1.807) is 14.2 Å². The third-order valence-corrected chi connectivity index (χ3v) is 6.98. The number of methoxy groups -OCH3 is 2. The molecule has 0 N–H and O–H groups in total. The molecule has 0 amide bonds. The fraction of sp³-hybridized carbons (Fsp3) is 0.417. The van der Waals surface area contributed by atoms with Crippen molar-refractivity contribution in [3.05, 3.63) is 44.9 Å². The van der Waals surface area contributed by atoms with E-state index in [4.69, 9.17) is 18.9 Å². The predicted molar refractivity (Wildman–Crippen MR) is 120 cm³/mol. The van der Waals surface area contributed by atoms with Crippen molar-refractivity contribution in [3.63, 3.8) is 0 Å². The molecule has 0 saturated heterocycles. The third-order valence-electron chi connectivity index (χ3n) is 6.33. The van der Waals surface area contributed by atoms with Crippen molar-refractivity contribution in [2.75, 3.05) is 27.6 Å². The van der Waals surface area contributed by atoms with Crippen molar-refractivity contribution in [1.82, 2.24) is 4.90 Å². The minimum absolute atomic E-state index is 0.236. The molecule has 0 aliphatic carbocycles. The summed E-state index contributed by atoms with van der Waals surface area (Å²) in [6.45, 7) is 3.50. The molecule has 0 spiro atoms. The first-order valence-corrected chi connectivity index (χ1v) is 11.3. The van der Waals surface area contributed by atoms with Crippen molar-refractivity contribution < 1.29 is 18.9 Å². The van der Waals surface area contributed by atoms with Gasteiger partial charge in [0.25, 0.3) is 0 Å². The number of halogens is 1. The first-order chi connectivity index (χ1) is 14.7. The maximum absolute atomic E-state index is 5.87. The van der Waals surface area contributed by atoms with Crippen LogP contribution in [0.4, 0.5) is 0 Å². The lowest BCUT2D eigenvalue weighted by Crippen LogP contribution is -2.36. The molecule has 1 atom stereocenters. The zero-order valence-electron chi connectivity index (χ0n) is 17.6. The number of hydrogen-bond donors (Lipinski definition) is 0. The van der Waals surface area contributed by atoms with Crippen molar-refractivity contribution in [2.24, 2.45) is 0 Å². The second-order valence-electron chi connectivity index (χ2n) is 7.91. The summed E-state index contributed by atoms with van der Waals surface area (Å²) < 4.78 is 23.8. The Morgan fingerprint density at radius 2 is 1.93 bits per heavy atom. The van der Waals surface area contributed by atoms with Crippen LogP contribution in [0, 0.1) is 0 Å². The summed E-state index contributed by atoms with van der Waals surface area (Å²) in [4.78, 5) is 2.54. The standard InChI is InChI=1S/C24H26BrNO4/c1-4-5-6-18-23-16(17(25)12-22(27-2)24(23)28-3)10-19-15-11-21-20(29-13-30-21)9-14(15)7-8-26(18)19/h9-12,18H,4-8,13H2,1-3H3. The molecule has 6 heteroatoms. The molecule has 0 saturated carbocycles. The van der Waals surface area contributed by atoms with Crippen LogP contribution in [0.15, 0.2) is 22.7 Å². The number of benzene rings is 2. The zero-order chi connectivity index (χ0) is 20.8. The second-order valence-corrected chi connectivity index (χ2v) is 8.77. The van der Waals surface area contributed by atoms with Gasteiger partial charge >= 0.3 is 0 Å². The smallest absolute Gasteiger partial charge is 0.231 e. The molecule has 0 aromatic heterocycles. The lowest BCUT2D eigenvalue weighted by molar-refractivity contribution is 0.174. The highest BCUT2D eigenvalue weighted by Crippen LogP contribution is 2.52. The average Bonchev–Trinajstić information content (AvgIpc) is 3.22. The van der Waals surface area contributed by atoms with Gasteiger partial charge in [0.05, 0.1) is 20.3 Å². The lowest BCUT2D eigenvalue weighted by atomic mass is 9.84. The summed E-state index contributed by atoms with van der Waals surface area (Å²) in [6, 6.07) is 6.53. The van der Waals surface area contributed by atoms with Gasteiger partial charge in [-0.2, -0.15) is 0 Å². The molecule has 3 aliphatic heterocycles. The maximum atomic E-state index is 5.87. The third kappa shape index (κ3) is 2.96. The highest BCUT2D eigenvalue weighted by molar-refractivity contribution is 9.10. The van der Waals surface area contributed by atoms with Crippen molar-refractivity contribution in [2.45, 2.75) is 38.6 Å². The molecule has 0 bridgehead atoms. The Kier molecular flexibility index (Phi) is 5.05. The molecule has 3 aliphatic rings. The van der Waals surface area contributed by atoms with Crippen LogP contribution in [0.2, 0.25) is 0 Å². The maximum Gasteiger partial charge on any atom is 0.231 e. The Hall–Kier alpha value is -2.34. The molecular weight excluding hydrogens is 446 g/mol. The Balaban J connectivity index is 1.72. The van der Waals surface area contributed by atoms with Crippen molar-refractivity contribution in [3.8, 4) is 23.0 Å². The molecule has 0 radical (unpaired) electrons. The van der Waals surface area contributed by atoms with Crippen molar-refractivity contribution >= 4 is 27.7 Å². The molecule has 0 fully saturated rings. The molecule has 1 unspecified atom stereocenters. The molecular formula is C24H26BrNO4. The van der Waals surface area contributed by atoms with Crippen LogP contribution in [0.5, 0.6) is 23.0 Å². The van der Waals surface area contributed by atoms with Gasteiger partial charge in [-0.3, -0.25) is 0 Å². The largest absolute Gasteiger partial charge is 0.493 e. The SMILES string of the molecule is CCCCC1c2c(c(Br)cc(OC)c2OC)C=C2c3cc4c(cc3CCN21)OCO4. The van der Waals surface area contributed by atoms with Gasteiger partial charge in [0, 0.05) is 27.8 Å². The fourth-order valence-electron chi connectivity index (χ4n) is 4.90. The zero-order valence-corrected chi connectivity index (χ0v) is 19.2. The van der Waals surface area contributed by atoms with E-state index in [0.29, 0.717) is 6.79 Å². The minimum Gasteiger partial charge on any atom is -0.493 e. The van der Waals surface area contributed by atoms with Crippen LogP contribution < -0.4 is 18.9 Å². The highest BCUT2D eigenvalue weighted by atomic mass is 79.9. The summed E-state index contributed by atoms with van der Waals surface area (Å²) in [7, 11) is 3.43. The summed E-state index contributed by atoms with van der Waals surface area (Å²) >= 11 is 3.80. The Morgan fingerprint density at radius 1 is 1.13 bits per heavy atom. The van der Waals surface area contributed by atoms with Crippen LogP contribution in [-0.2, 0) is 6.42 Å². The van der Waals surface area contributed by atoms with Crippen LogP contribution in [0.3, 0.4) is 0 Å². The summed E-state index contributed by atoms with van der Waals surface area (Å²) in [5.41, 5.74) is 6.18. The van der Waals surface area contributed by atoms with Gasteiger partial charge in [-0.25, -0.2) is 0 Å². The summed E-state index contributed by atoms with van der Waals surface area (Å²) in [5.74, 6) is 3.29. The highest BCUT2D eigenvalue weighted by Gasteiger charge is 2.37. The molecule has 5 rings (SSSR count). The quantitative estimate of drug-likeness (QED) is 0.551. The van der Waals surface area contributed by atoms with Crippen LogP contribution in [0.25, 0.3) is 11.8 Å². The van der Waals surface area contributed by atoms with E-state index in [1.165, 1.54) is 28.0 Å². The van der Waals surface area contributed by atoms with E-state index in [-0.39, 0.29) is 6.04 Å². The van der Waals surface area contributed by atoms with E-state index in [2.05, 4.69) is 46.0 Å². The van der Waals surface area contributed by atoms with Gasteiger partial charge in [-0.05, 0) is 48.2 Å². The topological polar surface area (TPSA) is 40.2 Å². The molecule has 2 aromatic carbocycles. The van der Waals surface area contributed by atoms with Crippen LogP contribution >= 0.6 is 15.9 Å². The molecule has 5 nitrogen and oxygen atoms in total. The molecule has 158 valence electrons. The summed E-state index contributed by atoms with van der Waals surface area (Å²) in [5, 5.41) is 0. The van der Waals surface area contributed by atoms with Gasteiger partial charge in [0.1, 0.15) is 0 Å². The predicted octanol–water partition coefficient (Wildman–Crippen LogP) is 5.80. The second kappa shape index (κ2) is 7.73. The fourth-order valence-corrected chi connectivity index (χ4v) is 5.44. The Labute approximate surface area is 185 Å². The van der Waals surface area contributed by atoms with Crippen molar-refractivity contribution in [1.29, 1.82) is 0 Å². The van der Waals surface area contributed by atoms with Gasteiger partial charge in [-0.15, -0.1) is 0 Å². The monoisotopic (exact) mass is 471 g/mol. The normalized spacial score (nSPS) is 18.3. The van der Waals surface area contributed by atoms with Gasteiger partial charge in [0.2, 0.25) is 6.79 Å². The van der Waals surface area contributed by atoms with Gasteiger partial charge in [0.15, 0.2) is 23.0 Å². The van der Waals surface area contributed by atoms with E-state index < -0.39 is 0 Å². The van der Waals surface area contributed by atoms with Crippen LogP contribution in [0.1, 0.15) is 54.5 Å². The number of nitrogens with zero attached hydrogens (tertiary/aromatic N) is 1. The first kappa shape index (κ1) is 19.6. The van der Waals surface area contributed by atoms with Crippen LogP contribution in [-0.4, -0.2) is 32.5 Å². The van der Waals surface area contributed by atoms with E-state index in [1.807, 2.05) is 6.07 Å². The number of rotatable bonds is 5. The summed E-state index contributed by atoms with van der Waals surface area (Å²) in [6.07, 6.45) is 6.64. The number of ether oxygens (including phenoxy) is 4. The molecule has 30 heavy (non-hydrogen) atoms. The first-order valence-electron chi connectivity index (χ1n) is 10.5. The lowest BCUT2D eigenvalue weighted by Gasteiger charge is -2.44. The number of fused-ring (bicyclic) bond motifs is 5. The number of unbranched alkanes of at least 4 members (excludes halogenated alkanes) is 1. The van der Waals surface area contributed by atoms with Gasteiger partial charge in [-0.1, -0.05) is 35.7 Å². The molecule has 2 aromatic rings. The van der Waals surface area contributed by atoms with E-state index >= 15 is 0 Å². The molecule has 3 heterocycles. The van der Waals surface area contributed by atoms with E-state index in [0.717, 1.165) is 59.7 Å². The Bertz CT molecular complexity index is 1030. The van der Waals surface area contributed by atoms with Gasteiger partial charge < -0.3 is 23.8 Å². The number of hydrogen-bond acceptors (Lipinski definition) is 5. The van der Waals surface area contributed by atoms with E-state index in [9.17, 15) is 0 Å². The Morgan fingerprint density at radius 3 is 2.67 bits per heavy atom. The minimum atomic E-state index is 0.236.